The van der Waals surface area contributed by atoms with Crippen molar-refractivity contribution in [1.82, 2.24) is 0 Å². The van der Waals surface area contributed by atoms with E-state index in [0.717, 1.165) is 11.5 Å². The lowest BCUT2D eigenvalue weighted by atomic mass is 10.3. The summed E-state index contributed by atoms with van der Waals surface area (Å²) in [4.78, 5) is 0. The average Bonchev–Trinajstić information content (AvgIpc) is 2.47. The van der Waals surface area contributed by atoms with E-state index in [4.69, 9.17) is 9.29 Å². The van der Waals surface area contributed by atoms with Crippen LogP contribution in [0.1, 0.15) is 0 Å². The zero-order valence-corrected chi connectivity index (χ0v) is 12.1. The van der Waals surface area contributed by atoms with Crippen LogP contribution < -0.4 is 4.74 Å². The minimum atomic E-state index is -4.26. The second-order valence-electron chi connectivity index (χ2n) is 3.73. The lowest BCUT2D eigenvalue weighted by molar-refractivity contribution is 0.296. The van der Waals surface area contributed by atoms with Crippen molar-refractivity contribution >= 4 is 10.4 Å². The highest BCUT2D eigenvalue weighted by atomic mass is 32.3. The summed E-state index contributed by atoms with van der Waals surface area (Å²) in [6, 6.07) is 19.5. The van der Waals surface area contributed by atoms with Crippen molar-refractivity contribution in [3.8, 4) is 11.5 Å². The van der Waals surface area contributed by atoms with Gasteiger partial charge in [-0.05, 0) is 24.3 Å². The molecule has 0 saturated heterocycles. The molecule has 0 bridgehead atoms. The number of hydrogen-bond donors (Lipinski definition) is 1. The predicted molar refractivity (Wildman–Crippen MR) is 80.7 cm³/mol. The smallest absolute Gasteiger partial charge is 0.397 e. The molecular formula is C15H16O5S. The van der Waals surface area contributed by atoms with Gasteiger partial charge in [0.25, 0.3) is 0 Å². The number of para-hydroxylation sites is 2. The van der Waals surface area contributed by atoms with Crippen LogP contribution in [0.5, 0.6) is 11.5 Å². The monoisotopic (exact) mass is 308 g/mol. The first-order valence-corrected chi connectivity index (χ1v) is 7.38. The van der Waals surface area contributed by atoms with Crippen molar-refractivity contribution in [2.24, 2.45) is 0 Å². The summed E-state index contributed by atoms with van der Waals surface area (Å²) in [6.07, 6.45) is 1.22. The Kier molecular flexibility index (Phi) is 7.17. The molecule has 0 aromatic heterocycles. The lowest BCUT2D eigenvalue weighted by Gasteiger charge is -2.03. The summed E-state index contributed by atoms with van der Waals surface area (Å²) < 4.78 is 36.6. The minimum Gasteiger partial charge on any atom is -0.457 e. The van der Waals surface area contributed by atoms with Crippen molar-refractivity contribution in [2.45, 2.75) is 0 Å². The highest BCUT2D eigenvalue weighted by Gasteiger charge is 1.99. The number of hydrogen-bond acceptors (Lipinski definition) is 4. The number of rotatable bonds is 5. The van der Waals surface area contributed by atoms with Gasteiger partial charge in [0.1, 0.15) is 11.5 Å². The summed E-state index contributed by atoms with van der Waals surface area (Å²) in [5, 5.41) is 0. The Morgan fingerprint density at radius 3 is 1.67 bits per heavy atom. The van der Waals surface area contributed by atoms with Crippen LogP contribution in [0.4, 0.5) is 0 Å². The predicted octanol–water partition coefficient (Wildman–Crippen LogP) is 3.47. The van der Waals surface area contributed by atoms with Gasteiger partial charge in [-0.3, -0.25) is 4.55 Å². The summed E-state index contributed by atoms with van der Waals surface area (Å²) in [5.74, 6) is 1.74. The van der Waals surface area contributed by atoms with E-state index >= 15 is 0 Å². The summed E-state index contributed by atoms with van der Waals surface area (Å²) in [6.45, 7) is 2.97. The third-order valence-corrected chi connectivity index (χ3v) is 2.49. The van der Waals surface area contributed by atoms with E-state index in [1.165, 1.54) is 6.08 Å². The van der Waals surface area contributed by atoms with E-state index in [1.54, 1.807) is 0 Å². The highest BCUT2D eigenvalue weighted by molar-refractivity contribution is 7.80. The van der Waals surface area contributed by atoms with Crippen molar-refractivity contribution in [2.75, 3.05) is 6.61 Å². The maximum absolute atomic E-state index is 9.68. The molecule has 2 aromatic carbocycles. The summed E-state index contributed by atoms with van der Waals surface area (Å²) in [5.41, 5.74) is 0. The Labute approximate surface area is 124 Å². The molecule has 6 heteroatoms. The molecule has 0 radical (unpaired) electrons. The topological polar surface area (TPSA) is 72.8 Å². The molecule has 1 N–H and O–H groups in total. The fraction of sp³-hybridized carbons (Fsp3) is 0.0667. The zero-order valence-electron chi connectivity index (χ0n) is 11.3. The van der Waals surface area contributed by atoms with Gasteiger partial charge in [-0.15, -0.1) is 6.58 Å². The van der Waals surface area contributed by atoms with Gasteiger partial charge in [0, 0.05) is 0 Å². The summed E-state index contributed by atoms with van der Waals surface area (Å²) in [7, 11) is -4.26. The van der Waals surface area contributed by atoms with Gasteiger partial charge in [0.15, 0.2) is 0 Å². The van der Waals surface area contributed by atoms with E-state index in [2.05, 4.69) is 10.8 Å². The molecule has 0 atom stereocenters. The van der Waals surface area contributed by atoms with Crippen molar-refractivity contribution in [1.29, 1.82) is 0 Å². The van der Waals surface area contributed by atoms with Gasteiger partial charge in [0.05, 0.1) is 6.61 Å². The first-order valence-electron chi connectivity index (χ1n) is 6.02. The molecule has 0 aliphatic rings. The van der Waals surface area contributed by atoms with Crippen LogP contribution in [-0.4, -0.2) is 19.6 Å². The Morgan fingerprint density at radius 1 is 0.952 bits per heavy atom. The summed E-state index contributed by atoms with van der Waals surface area (Å²) >= 11 is 0. The quantitative estimate of drug-likeness (QED) is 0.676. The molecular weight excluding hydrogens is 292 g/mol. The van der Waals surface area contributed by atoms with Gasteiger partial charge >= 0.3 is 10.4 Å². The average molecular weight is 308 g/mol. The highest BCUT2D eigenvalue weighted by Crippen LogP contribution is 2.19. The van der Waals surface area contributed by atoms with Crippen LogP contribution in [0.15, 0.2) is 73.3 Å². The van der Waals surface area contributed by atoms with Crippen LogP contribution in [0.2, 0.25) is 0 Å². The zero-order chi connectivity index (χ0) is 15.6. The standard InChI is InChI=1S/C12H10O.C3H6O4S/c1-3-7-11(8-4-1)13-12-9-5-2-6-10-12;1-2-3-7-8(4,5)6/h1-10H;2H,1,3H2,(H,4,5,6). The molecule has 0 unspecified atom stereocenters. The Balaban J connectivity index is 0.000000240. The molecule has 0 spiro atoms. The number of ether oxygens (including phenoxy) is 1. The van der Waals surface area contributed by atoms with Crippen molar-refractivity contribution in [3.63, 3.8) is 0 Å². The first-order chi connectivity index (χ1) is 10.0. The molecule has 2 rings (SSSR count). The van der Waals surface area contributed by atoms with Crippen LogP contribution in [0, 0.1) is 0 Å². The van der Waals surface area contributed by atoms with E-state index in [1.807, 2.05) is 60.7 Å². The van der Waals surface area contributed by atoms with E-state index < -0.39 is 10.4 Å². The molecule has 0 fully saturated rings. The molecule has 21 heavy (non-hydrogen) atoms. The van der Waals surface area contributed by atoms with Gasteiger partial charge in [-0.2, -0.15) is 8.42 Å². The minimum absolute atomic E-state index is 0.196. The Hall–Kier alpha value is -2.15. The van der Waals surface area contributed by atoms with E-state index in [-0.39, 0.29) is 6.61 Å². The van der Waals surface area contributed by atoms with Gasteiger partial charge in [-0.25, -0.2) is 4.18 Å². The normalized spacial score (nSPS) is 10.1. The maximum Gasteiger partial charge on any atom is 0.397 e. The molecule has 112 valence electrons. The van der Waals surface area contributed by atoms with Crippen LogP contribution in [-0.2, 0) is 14.6 Å². The van der Waals surface area contributed by atoms with Crippen LogP contribution in [0.3, 0.4) is 0 Å². The van der Waals surface area contributed by atoms with Crippen LogP contribution in [0.25, 0.3) is 0 Å². The Morgan fingerprint density at radius 2 is 1.38 bits per heavy atom. The maximum atomic E-state index is 9.68. The molecule has 2 aromatic rings. The van der Waals surface area contributed by atoms with Crippen molar-refractivity contribution in [3.05, 3.63) is 73.3 Å². The fourth-order valence-electron chi connectivity index (χ4n) is 1.25. The molecule has 0 aliphatic carbocycles. The second-order valence-corrected chi connectivity index (χ2v) is 4.82. The third kappa shape index (κ3) is 8.59. The van der Waals surface area contributed by atoms with Crippen molar-refractivity contribution < 1.29 is 21.9 Å². The SMILES string of the molecule is C=CCOS(=O)(=O)O.c1ccc(Oc2ccccc2)cc1. The largest absolute Gasteiger partial charge is 0.457 e. The molecule has 0 amide bonds. The molecule has 0 saturated carbocycles. The fourth-order valence-corrected chi connectivity index (χ4v) is 1.52. The van der Waals surface area contributed by atoms with Gasteiger partial charge < -0.3 is 4.74 Å². The lowest BCUT2D eigenvalue weighted by Crippen LogP contribution is -2.02. The number of benzene rings is 2. The van der Waals surface area contributed by atoms with Gasteiger partial charge in [0.2, 0.25) is 0 Å². The first kappa shape index (κ1) is 16.9. The van der Waals surface area contributed by atoms with Gasteiger partial charge in [-0.1, -0.05) is 42.5 Å². The van der Waals surface area contributed by atoms with Crippen LogP contribution >= 0.6 is 0 Å². The molecule has 5 nitrogen and oxygen atoms in total. The van der Waals surface area contributed by atoms with E-state index in [0.29, 0.717) is 0 Å². The molecule has 0 heterocycles. The van der Waals surface area contributed by atoms with E-state index in [9.17, 15) is 8.42 Å². The third-order valence-electron chi connectivity index (χ3n) is 2.06. The Bertz CT molecular complexity index is 586. The molecule has 0 aliphatic heterocycles. The second kappa shape index (κ2) is 8.91.